The van der Waals surface area contributed by atoms with E-state index in [4.69, 9.17) is 9.47 Å². The van der Waals surface area contributed by atoms with E-state index < -0.39 is 5.60 Å². The highest BCUT2D eigenvalue weighted by atomic mass is 35.5. The van der Waals surface area contributed by atoms with Crippen molar-refractivity contribution in [3.8, 4) is 5.75 Å². The van der Waals surface area contributed by atoms with E-state index in [1.54, 1.807) is 7.11 Å². The van der Waals surface area contributed by atoms with E-state index >= 15 is 0 Å². The SMILES string of the molecule is CCOc1ccccc1CNC(=O)C1(OC)CCNCC1.Cl. The molecule has 2 rings (SSSR count). The zero-order valence-corrected chi connectivity index (χ0v) is 14.0. The van der Waals surface area contributed by atoms with E-state index in [-0.39, 0.29) is 18.3 Å². The second-order valence-corrected chi connectivity index (χ2v) is 5.17. The number of amides is 1. The van der Waals surface area contributed by atoms with Crippen molar-refractivity contribution in [2.24, 2.45) is 0 Å². The summed E-state index contributed by atoms with van der Waals surface area (Å²) in [7, 11) is 1.61. The molecule has 1 fully saturated rings. The monoisotopic (exact) mass is 328 g/mol. The summed E-state index contributed by atoms with van der Waals surface area (Å²) in [6.45, 7) is 4.62. The number of nitrogens with one attached hydrogen (secondary N) is 2. The van der Waals surface area contributed by atoms with Crippen LogP contribution in [0.15, 0.2) is 24.3 Å². The first-order valence-corrected chi connectivity index (χ1v) is 7.47. The van der Waals surface area contributed by atoms with Crippen LogP contribution in [0.4, 0.5) is 0 Å². The van der Waals surface area contributed by atoms with Gasteiger partial charge in [0.1, 0.15) is 11.4 Å². The van der Waals surface area contributed by atoms with Crippen LogP contribution >= 0.6 is 12.4 Å². The normalized spacial score (nSPS) is 16.5. The van der Waals surface area contributed by atoms with Crippen LogP contribution in [0.5, 0.6) is 5.75 Å². The van der Waals surface area contributed by atoms with Gasteiger partial charge in [-0.25, -0.2) is 0 Å². The second kappa shape index (κ2) is 8.98. The number of halogens is 1. The number of hydrogen-bond acceptors (Lipinski definition) is 4. The van der Waals surface area contributed by atoms with Crippen molar-refractivity contribution in [2.75, 3.05) is 26.8 Å². The molecule has 6 heteroatoms. The Hall–Kier alpha value is -1.30. The summed E-state index contributed by atoms with van der Waals surface area (Å²) >= 11 is 0. The molecular formula is C16H25ClN2O3. The first kappa shape index (κ1) is 18.7. The summed E-state index contributed by atoms with van der Waals surface area (Å²) in [5, 5.41) is 6.24. The van der Waals surface area contributed by atoms with E-state index in [1.165, 1.54) is 0 Å². The molecule has 1 saturated heterocycles. The molecule has 0 saturated carbocycles. The highest BCUT2D eigenvalue weighted by molar-refractivity contribution is 5.85. The van der Waals surface area contributed by atoms with Gasteiger partial charge in [0.15, 0.2) is 0 Å². The van der Waals surface area contributed by atoms with Crippen molar-refractivity contribution in [1.29, 1.82) is 0 Å². The lowest BCUT2D eigenvalue weighted by atomic mass is 9.91. The number of para-hydroxylation sites is 1. The summed E-state index contributed by atoms with van der Waals surface area (Å²) in [6.07, 6.45) is 1.39. The molecule has 0 spiro atoms. The highest BCUT2D eigenvalue weighted by Crippen LogP contribution is 2.23. The Labute approximate surface area is 138 Å². The molecule has 1 aromatic carbocycles. The third-order valence-electron chi connectivity index (χ3n) is 3.93. The Kier molecular flexibility index (Phi) is 7.65. The van der Waals surface area contributed by atoms with Gasteiger partial charge < -0.3 is 20.1 Å². The van der Waals surface area contributed by atoms with Gasteiger partial charge in [-0.1, -0.05) is 18.2 Å². The molecule has 0 aliphatic carbocycles. The zero-order valence-electron chi connectivity index (χ0n) is 13.2. The minimum Gasteiger partial charge on any atom is -0.494 e. The van der Waals surface area contributed by atoms with Crippen molar-refractivity contribution < 1.29 is 14.3 Å². The van der Waals surface area contributed by atoms with Crippen molar-refractivity contribution in [1.82, 2.24) is 10.6 Å². The van der Waals surface area contributed by atoms with Gasteiger partial charge in [0.25, 0.3) is 5.91 Å². The average molecular weight is 329 g/mol. The number of rotatable bonds is 6. The van der Waals surface area contributed by atoms with Crippen molar-refractivity contribution in [2.45, 2.75) is 31.9 Å². The molecule has 5 nitrogen and oxygen atoms in total. The molecule has 22 heavy (non-hydrogen) atoms. The highest BCUT2D eigenvalue weighted by Gasteiger charge is 2.39. The molecule has 0 aromatic heterocycles. The maximum Gasteiger partial charge on any atom is 0.252 e. The Morgan fingerprint density at radius 3 is 2.64 bits per heavy atom. The van der Waals surface area contributed by atoms with E-state index in [0.717, 1.165) is 24.4 Å². The van der Waals surface area contributed by atoms with Gasteiger partial charge in [0.2, 0.25) is 0 Å². The zero-order chi connectivity index (χ0) is 15.1. The number of carbonyl (C=O) groups excluding carboxylic acids is 1. The molecule has 0 unspecified atom stereocenters. The largest absolute Gasteiger partial charge is 0.494 e. The predicted octanol–water partition coefficient (Wildman–Crippen LogP) is 1.89. The molecule has 0 atom stereocenters. The van der Waals surface area contributed by atoms with Gasteiger partial charge in [-0.2, -0.15) is 0 Å². The van der Waals surface area contributed by atoms with Crippen LogP contribution in [0.1, 0.15) is 25.3 Å². The minimum absolute atomic E-state index is 0. The molecule has 124 valence electrons. The topological polar surface area (TPSA) is 59.6 Å². The van der Waals surface area contributed by atoms with Gasteiger partial charge in [-0.05, 0) is 38.9 Å². The Morgan fingerprint density at radius 1 is 1.32 bits per heavy atom. The van der Waals surface area contributed by atoms with Gasteiger partial charge in [0.05, 0.1) is 6.61 Å². The smallest absolute Gasteiger partial charge is 0.252 e. The van der Waals surface area contributed by atoms with Crippen LogP contribution in [0, 0.1) is 0 Å². The third-order valence-corrected chi connectivity index (χ3v) is 3.93. The molecule has 1 aromatic rings. The summed E-state index contributed by atoms with van der Waals surface area (Å²) in [6, 6.07) is 7.76. The van der Waals surface area contributed by atoms with Gasteiger partial charge in [0, 0.05) is 19.2 Å². The van der Waals surface area contributed by atoms with Crippen LogP contribution in [0.3, 0.4) is 0 Å². The maximum atomic E-state index is 12.5. The number of methoxy groups -OCH3 is 1. The van der Waals surface area contributed by atoms with E-state index in [2.05, 4.69) is 10.6 Å². The van der Waals surface area contributed by atoms with Crippen molar-refractivity contribution in [3.05, 3.63) is 29.8 Å². The molecule has 0 bridgehead atoms. The van der Waals surface area contributed by atoms with Crippen molar-refractivity contribution >= 4 is 18.3 Å². The first-order chi connectivity index (χ1) is 10.2. The molecule has 0 radical (unpaired) electrons. The summed E-state index contributed by atoms with van der Waals surface area (Å²) in [4.78, 5) is 12.5. The Morgan fingerprint density at radius 2 is 2.00 bits per heavy atom. The number of ether oxygens (including phenoxy) is 2. The Balaban J connectivity index is 0.00000242. The lowest BCUT2D eigenvalue weighted by Crippen LogP contribution is -2.53. The summed E-state index contributed by atoms with van der Waals surface area (Å²) in [5.74, 6) is 0.773. The summed E-state index contributed by atoms with van der Waals surface area (Å²) < 4.78 is 11.1. The fourth-order valence-corrected chi connectivity index (χ4v) is 2.64. The Bertz CT molecular complexity index is 476. The molecule has 1 heterocycles. The maximum absolute atomic E-state index is 12.5. The predicted molar refractivity (Wildman–Crippen MR) is 88.5 cm³/mol. The van der Waals surface area contributed by atoms with Crippen molar-refractivity contribution in [3.63, 3.8) is 0 Å². The first-order valence-electron chi connectivity index (χ1n) is 7.47. The molecule has 1 aliphatic heterocycles. The van der Waals surface area contributed by atoms with Gasteiger partial charge in [-0.3, -0.25) is 4.79 Å². The molecular weight excluding hydrogens is 304 g/mol. The summed E-state index contributed by atoms with van der Waals surface area (Å²) in [5.41, 5.74) is 0.277. The van der Waals surface area contributed by atoms with Gasteiger partial charge in [-0.15, -0.1) is 12.4 Å². The standard InChI is InChI=1S/C16H24N2O3.ClH/c1-3-21-14-7-5-4-6-13(14)12-18-15(19)16(20-2)8-10-17-11-9-16;/h4-7,17H,3,8-12H2,1-2H3,(H,18,19);1H. The average Bonchev–Trinajstić information content (AvgIpc) is 2.54. The van der Waals surface area contributed by atoms with E-state index in [0.29, 0.717) is 26.0 Å². The minimum atomic E-state index is -0.703. The molecule has 2 N–H and O–H groups in total. The number of carbonyl (C=O) groups is 1. The number of piperidine rings is 1. The second-order valence-electron chi connectivity index (χ2n) is 5.17. The molecule has 1 amide bonds. The number of benzene rings is 1. The van der Waals surface area contributed by atoms with Gasteiger partial charge >= 0.3 is 0 Å². The van der Waals surface area contributed by atoms with Crippen LogP contribution < -0.4 is 15.4 Å². The number of hydrogen-bond donors (Lipinski definition) is 2. The fourth-order valence-electron chi connectivity index (χ4n) is 2.64. The molecule has 1 aliphatic rings. The van der Waals surface area contributed by atoms with E-state index in [9.17, 15) is 4.79 Å². The lowest BCUT2D eigenvalue weighted by molar-refractivity contribution is -0.146. The van der Waals surface area contributed by atoms with Crippen LogP contribution in [-0.4, -0.2) is 38.3 Å². The fraction of sp³-hybridized carbons (Fsp3) is 0.562. The van der Waals surface area contributed by atoms with Crippen LogP contribution in [0.25, 0.3) is 0 Å². The van der Waals surface area contributed by atoms with E-state index in [1.807, 2.05) is 31.2 Å². The quantitative estimate of drug-likeness (QED) is 0.837. The van der Waals surface area contributed by atoms with Crippen LogP contribution in [-0.2, 0) is 16.1 Å². The lowest BCUT2D eigenvalue weighted by Gasteiger charge is -2.34. The third kappa shape index (κ3) is 4.35. The van der Waals surface area contributed by atoms with Crippen LogP contribution in [0.2, 0.25) is 0 Å².